The van der Waals surface area contributed by atoms with Gasteiger partial charge in [0, 0.05) is 6.92 Å². The van der Waals surface area contributed by atoms with Gasteiger partial charge in [-0.15, -0.1) is 0 Å². The van der Waals surface area contributed by atoms with Crippen LogP contribution in [-0.4, -0.2) is 26.8 Å². The zero-order valence-corrected chi connectivity index (χ0v) is 9.86. The van der Waals surface area contributed by atoms with Crippen molar-refractivity contribution in [2.45, 2.75) is 11.8 Å². The van der Waals surface area contributed by atoms with Gasteiger partial charge in [0.05, 0.1) is 0 Å². The summed E-state index contributed by atoms with van der Waals surface area (Å²) in [6.45, 7) is 0.723. The molecule has 1 amide bonds. The van der Waals surface area contributed by atoms with E-state index in [1.165, 1.54) is 31.2 Å². The molecule has 0 aliphatic rings. The maximum absolute atomic E-state index is 11.5. The summed E-state index contributed by atoms with van der Waals surface area (Å²) in [5.41, 5.74) is 0. The lowest BCUT2D eigenvalue weighted by Gasteiger charge is -2.05. The number of hydrogen-bond donors (Lipinski definition) is 1. The average molecular weight is 257 g/mol. The molecule has 0 fully saturated rings. The SMILES string of the molecule is CC(=O)NCC(=O)OS(=O)(=O)c1ccccc1. The van der Waals surface area contributed by atoms with E-state index in [1.807, 2.05) is 0 Å². The molecule has 0 atom stereocenters. The second-order valence-corrected chi connectivity index (χ2v) is 4.68. The fourth-order valence-corrected chi connectivity index (χ4v) is 1.87. The highest BCUT2D eigenvalue weighted by atomic mass is 32.2. The van der Waals surface area contributed by atoms with E-state index >= 15 is 0 Å². The van der Waals surface area contributed by atoms with Crippen LogP contribution < -0.4 is 5.32 Å². The number of nitrogens with one attached hydrogen (secondary N) is 1. The normalized spacial score (nSPS) is 10.6. The van der Waals surface area contributed by atoms with Gasteiger partial charge in [0.15, 0.2) is 0 Å². The van der Waals surface area contributed by atoms with Crippen LogP contribution in [0.15, 0.2) is 35.2 Å². The van der Waals surface area contributed by atoms with Gasteiger partial charge in [-0.1, -0.05) is 18.2 Å². The minimum absolute atomic E-state index is 0.115. The van der Waals surface area contributed by atoms with Crippen molar-refractivity contribution in [1.82, 2.24) is 5.32 Å². The van der Waals surface area contributed by atoms with Gasteiger partial charge in [0.25, 0.3) is 0 Å². The van der Waals surface area contributed by atoms with Gasteiger partial charge in [-0.2, -0.15) is 8.42 Å². The fourth-order valence-electron chi connectivity index (χ4n) is 0.984. The molecule has 0 aromatic heterocycles. The maximum Gasteiger partial charge on any atom is 0.341 e. The van der Waals surface area contributed by atoms with E-state index in [4.69, 9.17) is 0 Å². The quantitative estimate of drug-likeness (QED) is 0.770. The Balaban J connectivity index is 2.68. The smallest absolute Gasteiger partial charge is 0.341 e. The monoisotopic (exact) mass is 257 g/mol. The Kier molecular flexibility index (Phi) is 4.22. The topological polar surface area (TPSA) is 89.5 Å². The molecule has 17 heavy (non-hydrogen) atoms. The van der Waals surface area contributed by atoms with Crippen molar-refractivity contribution in [2.24, 2.45) is 0 Å². The summed E-state index contributed by atoms with van der Waals surface area (Å²) in [6.07, 6.45) is 0. The summed E-state index contributed by atoms with van der Waals surface area (Å²) in [6, 6.07) is 7.27. The van der Waals surface area contributed by atoms with Crippen molar-refractivity contribution in [2.75, 3.05) is 6.54 Å². The predicted molar refractivity (Wildman–Crippen MR) is 58.4 cm³/mol. The van der Waals surface area contributed by atoms with Crippen LogP contribution in [0.4, 0.5) is 0 Å². The minimum Gasteiger partial charge on any atom is -0.345 e. The van der Waals surface area contributed by atoms with Crippen LogP contribution >= 0.6 is 0 Å². The zero-order valence-electron chi connectivity index (χ0n) is 9.04. The third kappa shape index (κ3) is 4.23. The Morgan fingerprint density at radius 3 is 2.35 bits per heavy atom. The van der Waals surface area contributed by atoms with E-state index in [-0.39, 0.29) is 4.90 Å². The van der Waals surface area contributed by atoms with Crippen molar-refractivity contribution in [3.63, 3.8) is 0 Å². The summed E-state index contributed by atoms with van der Waals surface area (Å²) in [5.74, 6) is -1.48. The number of rotatable bonds is 4. The lowest BCUT2D eigenvalue weighted by atomic mass is 10.4. The number of carbonyl (C=O) groups excluding carboxylic acids is 2. The molecule has 1 rings (SSSR count). The lowest BCUT2D eigenvalue weighted by Crippen LogP contribution is -2.29. The Labute approximate surface area is 98.7 Å². The second kappa shape index (κ2) is 5.44. The largest absolute Gasteiger partial charge is 0.345 e. The molecular weight excluding hydrogens is 246 g/mol. The van der Waals surface area contributed by atoms with Crippen LogP contribution in [0.2, 0.25) is 0 Å². The van der Waals surface area contributed by atoms with Crippen LogP contribution in [-0.2, 0) is 23.9 Å². The molecule has 0 spiro atoms. The molecular formula is C10H11NO5S. The summed E-state index contributed by atoms with van der Waals surface area (Å²) < 4.78 is 27.4. The van der Waals surface area contributed by atoms with Crippen LogP contribution in [0.25, 0.3) is 0 Å². The highest BCUT2D eigenvalue weighted by Crippen LogP contribution is 2.10. The molecule has 0 radical (unpaired) electrons. The van der Waals surface area contributed by atoms with Gasteiger partial charge in [-0.25, -0.2) is 4.79 Å². The molecule has 0 heterocycles. The molecule has 0 aliphatic heterocycles. The van der Waals surface area contributed by atoms with Gasteiger partial charge < -0.3 is 9.50 Å². The number of carbonyl (C=O) groups is 2. The molecule has 1 aromatic rings. The molecule has 1 N–H and O–H groups in total. The molecule has 92 valence electrons. The standard InChI is InChI=1S/C10H11NO5S/c1-8(12)11-7-10(13)16-17(14,15)9-5-3-2-4-6-9/h2-6H,7H2,1H3,(H,11,12). The van der Waals surface area contributed by atoms with Crippen molar-refractivity contribution in [3.05, 3.63) is 30.3 Å². The van der Waals surface area contributed by atoms with Crippen LogP contribution in [0.5, 0.6) is 0 Å². The zero-order chi connectivity index (χ0) is 12.9. The van der Waals surface area contributed by atoms with Gasteiger partial charge in [0.1, 0.15) is 11.4 Å². The van der Waals surface area contributed by atoms with Gasteiger partial charge in [-0.3, -0.25) is 4.79 Å². The molecule has 6 nitrogen and oxygen atoms in total. The first kappa shape index (κ1) is 13.2. The third-order valence-electron chi connectivity index (χ3n) is 1.72. The Morgan fingerprint density at radius 1 is 1.24 bits per heavy atom. The maximum atomic E-state index is 11.5. The second-order valence-electron chi connectivity index (χ2n) is 3.13. The van der Waals surface area contributed by atoms with E-state index < -0.39 is 28.5 Å². The summed E-state index contributed by atoms with van der Waals surface area (Å²) >= 11 is 0. The molecule has 0 bridgehead atoms. The highest BCUT2D eigenvalue weighted by molar-refractivity contribution is 7.87. The molecule has 0 saturated carbocycles. The van der Waals surface area contributed by atoms with Crippen molar-refractivity contribution in [1.29, 1.82) is 0 Å². The number of benzene rings is 1. The summed E-state index contributed by atoms with van der Waals surface area (Å²) in [4.78, 5) is 21.5. The Bertz CT molecular complexity index is 509. The van der Waals surface area contributed by atoms with Crippen molar-refractivity contribution in [3.8, 4) is 0 Å². The van der Waals surface area contributed by atoms with E-state index in [0.717, 1.165) is 0 Å². The first-order chi connectivity index (χ1) is 7.92. The lowest BCUT2D eigenvalue weighted by molar-refractivity contribution is -0.134. The number of amides is 1. The summed E-state index contributed by atoms with van der Waals surface area (Å²) in [5, 5.41) is 2.14. The first-order valence-electron chi connectivity index (χ1n) is 4.68. The fraction of sp³-hybridized carbons (Fsp3) is 0.200. The van der Waals surface area contributed by atoms with Crippen LogP contribution in [0, 0.1) is 0 Å². The minimum atomic E-state index is -4.11. The average Bonchev–Trinajstić information content (AvgIpc) is 2.27. The first-order valence-corrected chi connectivity index (χ1v) is 6.09. The van der Waals surface area contributed by atoms with Gasteiger partial charge in [-0.05, 0) is 12.1 Å². The highest BCUT2D eigenvalue weighted by Gasteiger charge is 2.19. The van der Waals surface area contributed by atoms with Crippen LogP contribution in [0.1, 0.15) is 6.92 Å². The molecule has 7 heteroatoms. The molecule has 1 aromatic carbocycles. The Morgan fingerprint density at radius 2 is 1.82 bits per heavy atom. The van der Waals surface area contributed by atoms with E-state index in [1.54, 1.807) is 6.07 Å². The predicted octanol–water partition coefficient (Wildman–Crippen LogP) is 0.0546. The van der Waals surface area contributed by atoms with Gasteiger partial charge in [0.2, 0.25) is 5.91 Å². The summed E-state index contributed by atoms with van der Waals surface area (Å²) in [7, 11) is -4.11. The molecule has 0 aliphatic carbocycles. The van der Waals surface area contributed by atoms with Gasteiger partial charge >= 0.3 is 16.1 Å². The van der Waals surface area contributed by atoms with E-state index in [9.17, 15) is 18.0 Å². The van der Waals surface area contributed by atoms with E-state index in [0.29, 0.717) is 0 Å². The van der Waals surface area contributed by atoms with Crippen molar-refractivity contribution >= 4 is 22.0 Å². The Hall–Kier alpha value is -1.89. The van der Waals surface area contributed by atoms with Crippen molar-refractivity contribution < 1.29 is 22.2 Å². The third-order valence-corrected chi connectivity index (χ3v) is 2.97. The van der Waals surface area contributed by atoms with E-state index in [2.05, 4.69) is 9.50 Å². The molecule has 0 unspecified atom stereocenters. The van der Waals surface area contributed by atoms with Crippen LogP contribution in [0.3, 0.4) is 0 Å². The number of hydrogen-bond acceptors (Lipinski definition) is 5. The molecule has 0 saturated heterocycles.